The minimum absolute atomic E-state index is 0.00395. The Balaban J connectivity index is 1.59. The molecule has 1 aliphatic heterocycles. The van der Waals surface area contributed by atoms with Crippen molar-refractivity contribution in [1.82, 2.24) is 4.90 Å². The van der Waals surface area contributed by atoms with Gasteiger partial charge in [0.25, 0.3) is 0 Å². The number of amides is 1. The molecule has 40 heavy (non-hydrogen) atoms. The number of hydrogen-bond acceptors (Lipinski definition) is 6. The van der Waals surface area contributed by atoms with Crippen LogP contribution in [0.3, 0.4) is 0 Å². The topological polar surface area (TPSA) is 93.1 Å². The number of carboxylic acid groups (broad SMARTS) is 1. The van der Waals surface area contributed by atoms with E-state index in [2.05, 4.69) is 0 Å². The Hall–Kier alpha value is -3.78. The van der Waals surface area contributed by atoms with Crippen LogP contribution in [-0.4, -0.2) is 52.8 Å². The first-order chi connectivity index (χ1) is 19.0. The second-order valence-electron chi connectivity index (χ2n) is 10.7. The third kappa shape index (κ3) is 6.67. The van der Waals surface area contributed by atoms with E-state index in [0.717, 1.165) is 21.6 Å². The number of ketones is 1. The van der Waals surface area contributed by atoms with E-state index in [9.17, 15) is 19.5 Å². The number of carboxylic acids is 1. The lowest BCUT2D eigenvalue weighted by Gasteiger charge is -2.25. The highest BCUT2D eigenvalue weighted by Gasteiger charge is 2.40. The smallest absolute Gasteiger partial charge is 0.415 e. The summed E-state index contributed by atoms with van der Waals surface area (Å²) in [6.07, 6.45) is 2.08. The average molecular weight is 562 g/mol. The van der Waals surface area contributed by atoms with Gasteiger partial charge < -0.3 is 19.5 Å². The third-order valence-electron chi connectivity index (χ3n) is 7.25. The molecular weight excluding hydrogens is 526 g/mol. The van der Waals surface area contributed by atoms with E-state index in [-0.39, 0.29) is 18.2 Å². The summed E-state index contributed by atoms with van der Waals surface area (Å²) < 4.78 is 11.5. The van der Waals surface area contributed by atoms with Crippen molar-refractivity contribution >= 4 is 29.6 Å². The molecule has 2 atom stereocenters. The van der Waals surface area contributed by atoms with Gasteiger partial charge in [-0.2, -0.15) is 0 Å². The standard InChI is InChI=1S/C32H35NO6S/c1-20-15-22(16-21(2)29(20)39-32(3,4)30(35)36)17-24-18-33(31(37)38-25-9-7-6-8-10-25)19-27(24)28(34)23-11-13-26(40-5)14-12-23/h6-16,24,27H,17-19H2,1-5H3,(H,35,36)/t24-,27-/m1/s1. The summed E-state index contributed by atoms with van der Waals surface area (Å²) in [5.74, 6) is -0.572. The number of carbonyl (C=O) groups excluding carboxylic acids is 2. The molecule has 1 saturated heterocycles. The van der Waals surface area contributed by atoms with Gasteiger partial charge in [0.15, 0.2) is 11.4 Å². The number of para-hydroxylation sites is 1. The molecule has 3 aromatic rings. The van der Waals surface area contributed by atoms with Crippen LogP contribution in [0.25, 0.3) is 0 Å². The summed E-state index contributed by atoms with van der Waals surface area (Å²) in [7, 11) is 0. The molecule has 0 bridgehead atoms. The molecule has 1 heterocycles. The van der Waals surface area contributed by atoms with Crippen LogP contribution in [0.1, 0.15) is 40.9 Å². The summed E-state index contributed by atoms with van der Waals surface area (Å²) in [6.45, 7) is 7.46. The van der Waals surface area contributed by atoms with Gasteiger partial charge in [-0.15, -0.1) is 11.8 Å². The predicted molar refractivity (Wildman–Crippen MR) is 156 cm³/mol. The van der Waals surface area contributed by atoms with Crippen molar-refractivity contribution in [3.63, 3.8) is 0 Å². The number of aliphatic carboxylic acids is 1. The lowest BCUT2D eigenvalue weighted by molar-refractivity contribution is -0.152. The van der Waals surface area contributed by atoms with E-state index in [0.29, 0.717) is 30.0 Å². The molecule has 0 spiro atoms. The maximum absolute atomic E-state index is 13.7. The highest BCUT2D eigenvalue weighted by Crippen LogP contribution is 2.34. The van der Waals surface area contributed by atoms with Crippen molar-refractivity contribution in [3.8, 4) is 11.5 Å². The van der Waals surface area contributed by atoms with E-state index in [1.807, 2.05) is 62.6 Å². The predicted octanol–water partition coefficient (Wildman–Crippen LogP) is 6.44. The van der Waals surface area contributed by atoms with Gasteiger partial charge in [-0.25, -0.2) is 9.59 Å². The molecule has 4 rings (SSSR count). The summed E-state index contributed by atoms with van der Waals surface area (Å²) in [5.41, 5.74) is 1.88. The first-order valence-electron chi connectivity index (χ1n) is 13.2. The zero-order valence-electron chi connectivity index (χ0n) is 23.5. The minimum atomic E-state index is -1.37. The number of benzene rings is 3. The van der Waals surface area contributed by atoms with Crippen molar-refractivity contribution in [2.24, 2.45) is 11.8 Å². The molecule has 210 valence electrons. The number of nitrogens with zero attached hydrogens (tertiary/aromatic N) is 1. The second kappa shape index (κ2) is 12.2. The van der Waals surface area contributed by atoms with Crippen molar-refractivity contribution in [2.45, 2.75) is 44.6 Å². The fourth-order valence-electron chi connectivity index (χ4n) is 5.07. The number of hydrogen-bond donors (Lipinski definition) is 1. The molecule has 0 aromatic heterocycles. The number of carbonyl (C=O) groups is 3. The van der Waals surface area contributed by atoms with Gasteiger partial charge in [0.05, 0.1) is 0 Å². The van der Waals surface area contributed by atoms with Gasteiger partial charge in [-0.05, 0) is 87.2 Å². The molecule has 3 aromatic carbocycles. The molecular formula is C32H35NO6S. The summed E-state index contributed by atoms with van der Waals surface area (Å²) in [6, 6.07) is 20.4. The normalized spacial score (nSPS) is 17.0. The average Bonchev–Trinajstić information content (AvgIpc) is 3.34. The first kappa shape index (κ1) is 29.2. The Morgan fingerprint density at radius 2 is 1.60 bits per heavy atom. The lowest BCUT2D eigenvalue weighted by atomic mass is 9.84. The van der Waals surface area contributed by atoms with Crippen LogP contribution >= 0.6 is 11.8 Å². The summed E-state index contributed by atoms with van der Waals surface area (Å²) >= 11 is 1.61. The highest BCUT2D eigenvalue weighted by molar-refractivity contribution is 7.98. The fraction of sp³-hybridized carbons (Fsp3) is 0.344. The number of Topliss-reactive ketones (excluding diaryl/α,β-unsaturated/α-hetero) is 1. The van der Waals surface area contributed by atoms with Crippen molar-refractivity contribution in [2.75, 3.05) is 19.3 Å². The van der Waals surface area contributed by atoms with Crippen LogP contribution in [-0.2, 0) is 11.2 Å². The van der Waals surface area contributed by atoms with Gasteiger partial charge in [0.2, 0.25) is 0 Å². The third-order valence-corrected chi connectivity index (χ3v) is 7.99. The van der Waals surface area contributed by atoms with E-state index in [4.69, 9.17) is 9.47 Å². The van der Waals surface area contributed by atoms with Crippen LogP contribution < -0.4 is 9.47 Å². The van der Waals surface area contributed by atoms with Crippen LogP contribution in [0, 0.1) is 25.7 Å². The van der Waals surface area contributed by atoms with Crippen molar-refractivity contribution < 1.29 is 29.0 Å². The Morgan fingerprint density at radius 1 is 0.975 bits per heavy atom. The number of rotatable bonds is 9. The van der Waals surface area contributed by atoms with Gasteiger partial charge in [-0.3, -0.25) is 4.79 Å². The molecule has 0 aliphatic carbocycles. The quantitative estimate of drug-likeness (QED) is 0.237. The largest absolute Gasteiger partial charge is 0.478 e. The summed E-state index contributed by atoms with van der Waals surface area (Å²) in [5, 5.41) is 9.50. The van der Waals surface area contributed by atoms with Gasteiger partial charge in [0, 0.05) is 29.5 Å². The van der Waals surface area contributed by atoms with Crippen LogP contribution in [0.4, 0.5) is 4.79 Å². The van der Waals surface area contributed by atoms with Gasteiger partial charge in [-0.1, -0.05) is 42.5 Å². The highest BCUT2D eigenvalue weighted by atomic mass is 32.2. The number of likely N-dealkylation sites (tertiary alicyclic amines) is 1. The monoisotopic (exact) mass is 561 g/mol. The zero-order chi connectivity index (χ0) is 29.0. The molecule has 1 amide bonds. The van der Waals surface area contributed by atoms with Gasteiger partial charge in [0.1, 0.15) is 11.5 Å². The Morgan fingerprint density at radius 3 is 2.17 bits per heavy atom. The number of aryl methyl sites for hydroxylation is 2. The second-order valence-corrected chi connectivity index (χ2v) is 11.6. The molecule has 0 unspecified atom stereocenters. The first-order valence-corrected chi connectivity index (χ1v) is 14.4. The molecule has 0 saturated carbocycles. The Labute approximate surface area is 239 Å². The van der Waals surface area contributed by atoms with Crippen LogP contribution in [0.15, 0.2) is 71.6 Å². The number of ether oxygens (including phenoxy) is 2. The van der Waals surface area contributed by atoms with Crippen molar-refractivity contribution in [1.29, 1.82) is 0 Å². The minimum Gasteiger partial charge on any atom is -0.478 e. The molecule has 1 aliphatic rings. The van der Waals surface area contributed by atoms with E-state index in [1.54, 1.807) is 40.9 Å². The van der Waals surface area contributed by atoms with Crippen LogP contribution in [0.5, 0.6) is 11.5 Å². The maximum Gasteiger partial charge on any atom is 0.415 e. The van der Waals surface area contributed by atoms with Gasteiger partial charge >= 0.3 is 12.1 Å². The molecule has 0 radical (unpaired) electrons. The van der Waals surface area contributed by atoms with Crippen LogP contribution in [0.2, 0.25) is 0 Å². The van der Waals surface area contributed by atoms with Crippen molar-refractivity contribution in [3.05, 3.63) is 89.0 Å². The summed E-state index contributed by atoms with van der Waals surface area (Å²) in [4.78, 5) is 41.1. The number of thioether (sulfide) groups is 1. The molecule has 8 heteroatoms. The fourth-order valence-corrected chi connectivity index (χ4v) is 5.48. The van der Waals surface area contributed by atoms with E-state index in [1.165, 1.54) is 13.8 Å². The zero-order valence-corrected chi connectivity index (χ0v) is 24.3. The Kier molecular flexibility index (Phi) is 8.88. The van der Waals surface area contributed by atoms with E-state index < -0.39 is 23.6 Å². The maximum atomic E-state index is 13.7. The molecule has 1 N–H and O–H groups in total. The molecule has 7 nitrogen and oxygen atoms in total. The molecule has 1 fully saturated rings. The SMILES string of the molecule is CSc1ccc(C(=O)[C@@H]2CN(C(=O)Oc3ccccc3)C[C@H]2Cc2cc(C)c(OC(C)(C)C(=O)O)c(C)c2)cc1. The van der Waals surface area contributed by atoms with E-state index >= 15 is 0 Å². The lowest BCUT2D eigenvalue weighted by Crippen LogP contribution is -2.38. The Bertz CT molecular complexity index is 1360.